The van der Waals surface area contributed by atoms with Gasteiger partial charge < -0.3 is 24.8 Å². The summed E-state index contributed by atoms with van der Waals surface area (Å²) in [6, 6.07) is 0. The average Bonchev–Trinajstić information content (AvgIpc) is 3.15. The molecular formula is C12H18O5. The zero-order valence-electron chi connectivity index (χ0n) is 9.58. The first-order valence-electron chi connectivity index (χ1n) is 6.46. The molecule has 0 aromatic carbocycles. The third kappa shape index (κ3) is 1.32. The van der Waals surface area contributed by atoms with E-state index in [2.05, 4.69) is 0 Å². The molecule has 0 amide bonds. The van der Waals surface area contributed by atoms with Gasteiger partial charge in [-0.15, -0.1) is 0 Å². The van der Waals surface area contributed by atoms with Crippen molar-refractivity contribution in [1.82, 2.24) is 0 Å². The lowest BCUT2D eigenvalue weighted by atomic mass is 9.84. The maximum absolute atomic E-state index is 10.3. The molecule has 0 radical (unpaired) electrons. The maximum atomic E-state index is 10.3. The minimum Gasteiger partial charge on any atom is -0.390 e. The Morgan fingerprint density at radius 3 is 2.24 bits per heavy atom. The molecule has 17 heavy (non-hydrogen) atoms. The highest BCUT2D eigenvalue weighted by atomic mass is 16.7. The van der Waals surface area contributed by atoms with Gasteiger partial charge >= 0.3 is 0 Å². The van der Waals surface area contributed by atoms with Crippen LogP contribution in [0.4, 0.5) is 0 Å². The highest BCUT2D eigenvalue weighted by Crippen LogP contribution is 2.64. The van der Waals surface area contributed by atoms with Gasteiger partial charge in [0.2, 0.25) is 0 Å². The maximum Gasteiger partial charge on any atom is 0.185 e. The second kappa shape index (κ2) is 3.03. The summed E-state index contributed by atoms with van der Waals surface area (Å²) in [5, 5.41) is 30.3. The van der Waals surface area contributed by atoms with Gasteiger partial charge in [0.25, 0.3) is 0 Å². The summed E-state index contributed by atoms with van der Waals surface area (Å²) in [6.45, 7) is 0. The standard InChI is InChI=1S/C12H18O5/c13-7-5-12(7)10(15)11(3-4-11)8(14)9(17-12)16-6-1-2-6/h6-10,13-15H,1-5H2/t7-,8-,9+,10-,12-/m0/s1. The van der Waals surface area contributed by atoms with Crippen LogP contribution in [0.25, 0.3) is 0 Å². The molecule has 0 unspecified atom stereocenters. The Bertz CT molecular complexity index is 349. The molecule has 1 aliphatic heterocycles. The van der Waals surface area contributed by atoms with Gasteiger partial charge in [0.05, 0.1) is 18.3 Å². The van der Waals surface area contributed by atoms with E-state index in [1.54, 1.807) is 0 Å². The lowest BCUT2D eigenvalue weighted by Crippen LogP contribution is -2.59. The number of ether oxygens (including phenoxy) is 2. The third-order valence-electron chi connectivity index (χ3n) is 4.78. The molecule has 2 spiro atoms. The van der Waals surface area contributed by atoms with Gasteiger partial charge in [-0.1, -0.05) is 0 Å². The highest BCUT2D eigenvalue weighted by Gasteiger charge is 2.75. The second-order valence-electron chi connectivity index (χ2n) is 6.08. The summed E-state index contributed by atoms with van der Waals surface area (Å²) in [6.07, 6.45) is 1.42. The number of aliphatic hydroxyl groups excluding tert-OH is 3. The molecule has 96 valence electrons. The van der Waals surface area contributed by atoms with E-state index in [4.69, 9.17) is 9.47 Å². The Hall–Kier alpha value is -0.200. The molecule has 3 aliphatic carbocycles. The monoisotopic (exact) mass is 242 g/mol. The quantitative estimate of drug-likeness (QED) is 0.610. The van der Waals surface area contributed by atoms with Crippen molar-refractivity contribution in [2.24, 2.45) is 5.41 Å². The third-order valence-corrected chi connectivity index (χ3v) is 4.78. The molecule has 0 bridgehead atoms. The zero-order valence-corrected chi connectivity index (χ0v) is 9.58. The Balaban J connectivity index is 1.60. The molecular weight excluding hydrogens is 224 g/mol. The van der Waals surface area contributed by atoms with E-state index in [1.165, 1.54) is 0 Å². The van der Waals surface area contributed by atoms with Crippen molar-refractivity contribution < 1.29 is 24.8 Å². The molecule has 5 heteroatoms. The van der Waals surface area contributed by atoms with Crippen molar-refractivity contribution in [3.63, 3.8) is 0 Å². The highest BCUT2D eigenvalue weighted by molar-refractivity contribution is 5.23. The van der Waals surface area contributed by atoms with Crippen molar-refractivity contribution in [2.75, 3.05) is 0 Å². The predicted octanol–water partition coefficient (Wildman–Crippen LogP) is -0.473. The first-order chi connectivity index (χ1) is 8.08. The van der Waals surface area contributed by atoms with Crippen LogP contribution in [-0.2, 0) is 9.47 Å². The van der Waals surface area contributed by atoms with Gasteiger partial charge in [0.15, 0.2) is 6.29 Å². The number of rotatable bonds is 2. The summed E-state index contributed by atoms with van der Waals surface area (Å²) in [5.41, 5.74) is -1.36. The minimum absolute atomic E-state index is 0.189. The van der Waals surface area contributed by atoms with Gasteiger partial charge in [-0.25, -0.2) is 0 Å². The van der Waals surface area contributed by atoms with Crippen LogP contribution in [0.3, 0.4) is 0 Å². The van der Waals surface area contributed by atoms with E-state index in [-0.39, 0.29) is 6.10 Å². The lowest BCUT2D eigenvalue weighted by molar-refractivity contribution is -0.310. The molecule has 4 fully saturated rings. The second-order valence-corrected chi connectivity index (χ2v) is 6.08. The molecule has 3 N–H and O–H groups in total. The first kappa shape index (κ1) is 10.7. The van der Waals surface area contributed by atoms with Crippen LogP contribution in [0.5, 0.6) is 0 Å². The zero-order chi connectivity index (χ0) is 11.8. The van der Waals surface area contributed by atoms with E-state index >= 15 is 0 Å². The van der Waals surface area contributed by atoms with Crippen LogP contribution in [0, 0.1) is 5.41 Å². The fourth-order valence-corrected chi connectivity index (χ4v) is 3.14. The van der Waals surface area contributed by atoms with Crippen LogP contribution < -0.4 is 0 Å². The van der Waals surface area contributed by atoms with Crippen LogP contribution in [0.1, 0.15) is 32.1 Å². The van der Waals surface area contributed by atoms with Crippen LogP contribution in [0.2, 0.25) is 0 Å². The number of hydrogen-bond acceptors (Lipinski definition) is 5. The van der Waals surface area contributed by atoms with Crippen molar-refractivity contribution in [3.8, 4) is 0 Å². The predicted molar refractivity (Wildman–Crippen MR) is 56.0 cm³/mol. The van der Waals surface area contributed by atoms with E-state index in [1.807, 2.05) is 0 Å². The Labute approximate surface area is 99.3 Å². The first-order valence-corrected chi connectivity index (χ1v) is 6.46. The summed E-state index contributed by atoms with van der Waals surface area (Å²) >= 11 is 0. The summed E-state index contributed by atoms with van der Waals surface area (Å²) in [5.74, 6) is 0. The SMILES string of the molecule is O[C@H]1[C@H](OC2CC2)O[C@]2(C[C@@H]2O)[C@@H](O)C12CC2. The molecule has 0 aromatic heterocycles. The van der Waals surface area contributed by atoms with Gasteiger partial charge in [-0.3, -0.25) is 0 Å². The largest absolute Gasteiger partial charge is 0.390 e. The Morgan fingerprint density at radius 2 is 1.76 bits per heavy atom. The molecule has 5 atom stereocenters. The fourth-order valence-electron chi connectivity index (χ4n) is 3.14. The minimum atomic E-state index is -0.866. The molecule has 3 saturated carbocycles. The Kier molecular flexibility index (Phi) is 1.91. The van der Waals surface area contributed by atoms with E-state index in [0.717, 1.165) is 25.7 Å². The Morgan fingerprint density at radius 1 is 1.12 bits per heavy atom. The number of aliphatic hydroxyl groups is 3. The summed E-state index contributed by atoms with van der Waals surface area (Å²) < 4.78 is 11.3. The van der Waals surface area contributed by atoms with Crippen molar-refractivity contribution >= 4 is 0 Å². The van der Waals surface area contributed by atoms with E-state index < -0.39 is 35.6 Å². The summed E-state index contributed by atoms with van der Waals surface area (Å²) in [4.78, 5) is 0. The van der Waals surface area contributed by atoms with Crippen molar-refractivity contribution in [2.45, 2.75) is 68.4 Å². The fraction of sp³-hybridized carbons (Fsp3) is 1.00. The topological polar surface area (TPSA) is 79.2 Å². The molecule has 5 nitrogen and oxygen atoms in total. The number of hydrogen-bond donors (Lipinski definition) is 3. The lowest BCUT2D eigenvalue weighted by Gasteiger charge is -2.44. The molecule has 1 saturated heterocycles. The van der Waals surface area contributed by atoms with E-state index in [0.29, 0.717) is 6.42 Å². The molecule has 0 aromatic rings. The van der Waals surface area contributed by atoms with Gasteiger partial charge in [0, 0.05) is 11.8 Å². The van der Waals surface area contributed by atoms with Crippen LogP contribution in [-0.4, -0.2) is 51.6 Å². The van der Waals surface area contributed by atoms with Gasteiger partial charge in [-0.05, 0) is 25.7 Å². The average molecular weight is 242 g/mol. The van der Waals surface area contributed by atoms with Crippen LogP contribution in [0.15, 0.2) is 0 Å². The summed E-state index contributed by atoms with van der Waals surface area (Å²) in [7, 11) is 0. The van der Waals surface area contributed by atoms with Crippen molar-refractivity contribution in [3.05, 3.63) is 0 Å². The van der Waals surface area contributed by atoms with Gasteiger partial charge in [-0.2, -0.15) is 0 Å². The van der Waals surface area contributed by atoms with Gasteiger partial charge in [0.1, 0.15) is 11.7 Å². The van der Waals surface area contributed by atoms with E-state index in [9.17, 15) is 15.3 Å². The van der Waals surface area contributed by atoms with Crippen LogP contribution >= 0.6 is 0 Å². The molecule has 1 heterocycles. The molecule has 4 rings (SSSR count). The molecule has 4 aliphatic rings. The normalized spacial score (nSPS) is 55.2. The van der Waals surface area contributed by atoms with Crippen molar-refractivity contribution in [1.29, 1.82) is 0 Å². The smallest absolute Gasteiger partial charge is 0.185 e.